The van der Waals surface area contributed by atoms with E-state index >= 15 is 0 Å². The van der Waals surface area contributed by atoms with E-state index in [1.165, 1.54) is 31.1 Å². The number of halogens is 1. The van der Waals surface area contributed by atoms with Crippen molar-refractivity contribution in [1.82, 2.24) is 4.90 Å². The van der Waals surface area contributed by atoms with Crippen molar-refractivity contribution in [2.75, 3.05) is 27.3 Å². The van der Waals surface area contributed by atoms with Crippen LogP contribution in [0.2, 0.25) is 0 Å². The van der Waals surface area contributed by atoms with E-state index in [9.17, 15) is 14.3 Å². The summed E-state index contributed by atoms with van der Waals surface area (Å²) in [6.07, 6.45) is -1.61. The van der Waals surface area contributed by atoms with Crippen molar-refractivity contribution in [3.8, 4) is 5.75 Å². The zero-order chi connectivity index (χ0) is 15.1. The number of methoxy groups -OCH3 is 1. The molecule has 0 heterocycles. The maximum atomic E-state index is 13.4. The molecule has 5 nitrogen and oxygen atoms in total. The van der Waals surface area contributed by atoms with Crippen LogP contribution in [0.3, 0.4) is 0 Å². The topological polar surface area (TPSA) is 59.0 Å². The molecule has 0 saturated heterocycles. The van der Waals surface area contributed by atoms with Gasteiger partial charge in [-0.15, -0.1) is 0 Å². The number of rotatable bonds is 7. The lowest BCUT2D eigenvalue weighted by atomic mass is 10.3. The van der Waals surface area contributed by atoms with Gasteiger partial charge < -0.3 is 19.5 Å². The Hall–Kier alpha value is -1.66. The first kappa shape index (κ1) is 16.4. The van der Waals surface area contributed by atoms with E-state index in [0.717, 1.165) is 0 Å². The van der Waals surface area contributed by atoms with Gasteiger partial charge in [-0.2, -0.15) is 0 Å². The summed E-state index contributed by atoms with van der Waals surface area (Å²) in [7, 11) is 3.01. The number of nitrogens with zero attached hydrogens (tertiary/aromatic N) is 1. The molecule has 1 rings (SSSR count). The van der Waals surface area contributed by atoms with Gasteiger partial charge in [0, 0.05) is 20.7 Å². The van der Waals surface area contributed by atoms with Gasteiger partial charge in [0.2, 0.25) is 0 Å². The lowest BCUT2D eigenvalue weighted by Crippen LogP contribution is -2.42. The summed E-state index contributed by atoms with van der Waals surface area (Å²) < 4.78 is 23.5. The Kier molecular flexibility index (Phi) is 6.41. The van der Waals surface area contributed by atoms with E-state index in [1.54, 1.807) is 19.2 Å². The summed E-state index contributed by atoms with van der Waals surface area (Å²) in [5.41, 5.74) is 0. The van der Waals surface area contributed by atoms with E-state index in [0.29, 0.717) is 0 Å². The van der Waals surface area contributed by atoms with Gasteiger partial charge in [-0.05, 0) is 19.1 Å². The number of benzene rings is 1. The molecule has 1 N–H and O–H groups in total. The van der Waals surface area contributed by atoms with Crippen LogP contribution in [0.25, 0.3) is 0 Å². The van der Waals surface area contributed by atoms with Crippen molar-refractivity contribution in [3.05, 3.63) is 30.1 Å². The predicted octanol–water partition coefficient (Wildman–Crippen LogP) is 1.06. The molecule has 20 heavy (non-hydrogen) atoms. The molecule has 0 fully saturated rings. The van der Waals surface area contributed by atoms with Gasteiger partial charge in [-0.1, -0.05) is 12.1 Å². The molecule has 0 aliphatic heterocycles. The molecule has 0 saturated carbocycles. The molecule has 0 spiro atoms. The van der Waals surface area contributed by atoms with Gasteiger partial charge >= 0.3 is 0 Å². The van der Waals surface area contributed by atoms with E-state index in [4.69, 9.17) is 9.47 Å². The number of aliphatic hydroxyl groups excluding tert-OH is 1. The number of likely N-dealkylation sites (N-methyl/N-ethyl adjacent to an activating group) is 1. The Bertz CT molecular complexity index is 441. The number of carbonyl (C=O) groups excluding carboxylic acids is 1. The molecule has 0 aliphatic carbocycles. The third kappa shape index (κ3) is 4.79. The Labute approximate surface area is 117 Å². The van der Waals surface area contributed by atoms with E-state index in [1.807, 2.05) is 0 Å². The molecular weight excluding hydrogens is 265 g/mol. The van der Waals surface area contributed by atoms with Crippen LogP contribution in [0.15, 0.2) is 24.3 Å². The van der Waals surface area contributed by atoms with Crippen LogP contribution >= 0.6 is 0 Å². The minimum atomic E-state index is -0.841. The second-order valence-corrected chi connectivity index (χ2v) is 4.52. The number of carbonyl (C=O) groups is 1. The fraction of sp³-hybridized carbons (Fsp3) is 0.500. The van der Waals surface area contributed by atoms with Gasteiger partial charge in [0.1, 0.15) is 0 Å². The average molecular weight is 285 g/mol. The first-order valence-corrected chi connectivity index (χ1v) is 6.28. The lowest BCUT2D eigenvalue weighted by Gasteiger charge is -2.24. The van der Waals surface area contributed by atoms with Crippen molar-refractivity contribution >= 4 is 5.91 Å². The molecule has 1 aromatic carbocycles. The summed E-state index contributed by atoms with van der Waals surface area (Å²) in [6, 6.07) is 5.89. The normalized spacial score (nSPS) is 13.7. The molecule has 2 unspecified atom stereocenters. The molecule has 1 aromatic rings. The smallest absolute Gasteiger partial charge is 0.263 e. The minimum Gasteiger partial charge on any atom is -0.478 e. The number of hydrogen-bond donors (Lipinski definition) is 1. The molecule has 2 atom stereocenters. The van der Waals surface area contributed by atoms with Crippen molar-refractivity contribution in [1.29, 1.82) is 0 Å². The van der Waals surface area contributed by atoms with Gasteiger partial charge in [0.05, 0.1) is 12.7 Å². The van der Waals surface area contributed by atoms with E-state index in [-0.39, 0.29) is 24.8 Å². The molecule has 6 heteroatoms. The summed E-state index contributed by atoms with van der Waals surface area (Å²) in [6.45, 7) is 1.80. The van der Waals surface area contributed by atoms with Gasteiger partial charge in [-0.25, -0.2) is 4.39 Å². The second-order valence-electron chi connectivity index (χ2n) is 4.52. The summed E-state index contributed by atoms with van der Waals surface area (Å²) in [4.78, 5) is 13.4. The zero-order valence-corrected chi connectivity index (χ0v) is 11.9. The average Bonchev–Trinajstić information content (AvgIpc) is 2.40. The molecular formula is C14H20FNO4. The van der Waals surface area contributed by atoms with Crippen LogP contribution in [0, 0.1) is 5.82 Å². The van der Waals surface area contributed by atoms with Gasteiger partial charge in [0.25, 0.3) is 5.91 Å². The lowest BCUT2D eigenvalue weighted by molar-refractivity contribution is -0.138. The number of amides is 1. The SMILES string of the molecule is COCC(O)CN(C)C(=O)C(C)Oc1ccccc1F. The van der Waals surface area contributed by atoms with Crippen LogP contribution in [0.5, 0.6) is 5.75 Å². The van der Waals surface area contributed by atoms with Crippen molar-refractivity contribution < 1.29 is 23.8 Å². The van der Waals surface area contributed by atoms with Crippen LogP contribution in [-0.2, 0) is 9.53 Å². The first-order chi connectivity index (χ1) is 9.45. The maximum absolute atomic E-state index is 13.4. The molecule has 0 bridgehead atoms. The molecule has 112 valence electrons. The highest BCUT2D eigenvalue weighted by Crippen LogP contribution is 2.17. The fourth-order valence-corrected chi connectivity index (χ4v) is 1.74. The molecule has 0 radical (unpaired) electrons. The zero-order valence-electron chi connectivity index (χ0n) is 11.9. The standard InChI is InChI=1S/C14H20FNO4/c1-10(20-13-7-5-4-6-12(13)15)14(18)16(2)8-11(17)9-19-3/h4-7,10-11,17H,8-9H2,1-3H3. The van der Waals surface area contributed by atoms with Crippen LogP contribution in [-0.4, -0.2) is 55.4 Å². The number of ether oxygens (including phenoxy) is 2. The predicted molar refractivity (Wildman–Crippen MR) is 72.0 cm³/mol. The largest absolute Gasteiger partial charge is 0.478 e. The number of aliphatic hydroxyl groups is 1. The highest BCUT2D eigenvalue weighted by Gasteiger charge is 2.22. The molecule has 0 aliphatic rings. The minimum absolute atomic E-state index is 0.0270. The van der Waals surface area contributed by atoms with Gasteiger partial charge in [0.15, 0.2) is 17.7 Å². The Morgan fingerprint density at radius 1 is 1.45 bits per heavy atom. The summed E-state index contributed by atoms with van der Waals surface area (Å²) in [5.74, 6) is -0.836. The van der Waals surface area contributed by atoms with Crippen molar-refractivity contribution in [2.45, 2.75) is 19.1 Å². The second kappa shape index (κ2) is 7.81. The molecule has 0 aromatic heterocycles. The quantitative estimate of drug-likeness (QED) is 0.814. The number of hydrogen-bond acceptors (Lipinski definition) is 4. The summed E-state index contributed by atoms with van der Waals surface area (Å²) in [5, 5.41) is 9.56. The monoisotopic (exact) mass is 285 g/mol. The van der Waals surface area contributed by atoms with E-state index < -0.39 is 18.0 Å². The van der Waals surface area contributed by atoms with Crippen LogP contribution in [0.4, 0.5) is 4.39 Å². The van der Waals surface area contributed by atoms with Crippen molar-refractivity contribution in [2.24, 2.45) is 0 Å². The molecule has 1 amide bonds. The van der Waals surface area contributed by atoms with Gasteiger partial charge in [-0.3, -0.25) is 4.79 Å². The van der Waals surface area contributed by atoms with Crippen LogP contribution in [0.1, 0.15) is 6.92 Å². The third-order valence-corrected chi connectivity index (χ3v) is 2.71. The maximum Gasteiger partial charge on any atom is 0.263 e. The Balaban J connectivity index is 2.56. The summed E-state index contributed by atoms with van der Waals surface area (Å²) >= 11 is 0. The Morgan fingerprint density at radius 2 is 2.10 bits per heavy atom. The van der Waals surface area contributed by atoms with Crippen molar-refractivity contribution in [3.63, 3.8) is 0 Å². The van der Waals surface area contributed by atoms with E-state index in [2.05, 4.69) is 0 Å². The highest BCUT2D eigenvalue weighted by atomic mass is 19.1. The number of para-hydroxylation sites is 1. The van der Waals surface area contributed by atoms with Crippen LogP contribution < -0.4 is 4.74 Å². The Morgan fingerprint density at radius 3 is 2.70 bits per heavy atom. The highest BCUT2D eigenvalue weighted by molar-refractivity contribution is 5.80. The third-order valence-electron chi connectivity index (χ3n) is 2.71. The fourth-order valence-electron chi connectivity index (χ4n) is 1.74. The first-order valence-electron chi connectivity index (χ1n) is 6.28.